The Balaban J connectivity index is 1.18. The smallest absolute Gasteiger partial charge is 0.411 e. The molecular weight excluding hydrogens is 488 g/mol. The van der Waals surface area contributed by atoms with Crippen molar-refractivity contribution in [3.05, 3.63) is 58.1 Å². The van der Waals surface area contributed by atoms with E-state index in [1.54, 1.807) is 36.4 Å². The first kappa shape index (κ1) is 24.1. The summed E-state index contributed by atoms with van der Waals surface area (Å²) < 4.78 is 11.2. The molecule has 188 valence electrons. The number of amides is 4. The fourth-order valence-electron chi connectivity index (χ4n) is 4.62. The van der Waals surface area contributed by atoms with E-state index in [4.69, 9.17) is 21.1 Å². The number of anilines is 1. The summed E-state index contributed by atoms with van der Waals surface area (Å²) in [4.78, 5) is 50.5. The van der Waals surface area contributed by atoms with Gasteiger partial charge in [0.05, 0.1) is 0 Å². The quantitative estimate of drug-likeness (QED) is 0.508. The van der Waals surface area contributed by atoms with Crippen molar-refractivity contribution < 1.29 is 28.7 Å². The van der Waals surface area contributed by atoms with Gasteiger partial charge in [0.25, 0.3) is 5.91 Å². The van der Waals surface area contributed by atoms with Gasteiger partial charge in [0.2, 0.25) is 11.8 Å². The highest BCUT2D eigenvalue weighted by Gasteiger charge is 2.39. The van der Waals surface area contributed by atoms with E-state index in [2.05, 4.69) is 16.0 Å². The number of halogens is 1. The molecule has 2 atom stereocenters. The Labute approximate surface area is 212 Å². The standard InChI is InChI=1S/C25H25ClN4O6/c26-16-8-17(10-19(9-16)36-18-5-6-27-11-18)28-25(34)35-13-14-1-2-15-12-30(24(33)20(15)7-14)21-3-4-22(31)29-23(21)32/h1-2,7-10,18,21,27H,3-6,11-13H2,(H,28,34)(H,29,31,32). The van der Waals surface area contributed by atoms with Crippen molar-refractivity contribution in [1.29, 1.82) is 0 Å². The molecule has 11 heteroatoms. The topological polar surface area (TPSA) is 126 Å². The van der Waals surface area contributed by atoms with Gasteiger partial charge in [-0.15, -0.1) is 0 Å². The Morgan fingerprint density at radius 3 is 2.78 bits per heavy atom. The predicted octanol–water partition coefficient (Wildman–Crippen LogP) is 2.59. The van der Waals surface area contributed by atoms with E-state index in [0.717, 1.165) is 25.1 Å². The van der Waals surface area contributed by atoms with E-state index in [-0.39, 0.29) is 37.5 Å². The molecule has 3 aliphatic rings. The number of piperidine rings is 1. The van der Waals surface area contributed by atoms with Gasteiger partial charge < -0.3 is 19.7 Å². The van der Waals surface area contributed by atoms with Crippen LogP contribution in [0.5, 0.6) is 5.75 Å². The summed E-state index contributed by atoms with van der Waals surface area (Å²) in [5.74, 6) is -0.508. The second-order valence-electron chi connectivity index (χ2n) is 9.00. The summed E-state index contributed by atoms with van der Waals surface area (Å²) in [6.45, 7) is 1.89. The molecule has 0 saturated carbocycles. The van der Waals surface area contributed by atoms with Crippen LogP contribution in [0.1, 0.15) is 40.7 Å². The summed E-state index contributed by atoms with van der Waals surface area (Å²) in [7, 11) is 0. The Bertz CT molecular complexity index is 1230. The van der Waals surface area contributed by atoms with Crippen LogP contribution in [0.15, 0.2) is 36.4 Å². The zero-order chi connectivity index (χ0) is 25.2. The normalized spacial score (nSPS) is 21.2. The maximum absolute atomic E-state index is 13.0. The first-order chi connectivity index (χ1) is 17.4. The number of fused-ring (bicyclic) bond motifs is 1. The fourth-order valence-corrected chi connectivity index (χ4v) is 4.84. The van der Waals surface area contributed by atoms with Gasteiger partial charge in [0, 0.05) is 41.9 Å². The van der Waals surface area contributed by atoms with E-state index < -0.39 is 18.0 Å². The SMILES string of the molecule is O=C1CCC(N2Cc3ccc(COC(=O)Nc4cc(Cl)cc(OC5CCNC5)c4)cc3C2=O)C(=O)N1. The van der Waals surface area contributed by atoms with Gasteiger partial charge in [0.1, 0.15) is 24.5 Å². The number of imide groups is 1. The zero-order valence-electron chi connectivity index (χ0n) is 19.3. The molecule has 2 aromatic rings. The van der Waals surface area contributed by atoms with Crippen LogP contribution >= 0.6 is 11.6 Å². The van der Waals surface area contributed by atoms with Crippen molar-refractivity contribution in [1.82, 2.24) is 15.5 Å². The Hall–Kier alpha value is -3.63. The molecule has 36 heavy (non-hydrogen) atoms. The molecular formula is C25H25ClN4O6. The van der Waals surface area contributed by atoms with Crippen molar-refractivity contribution in [2.75, 3.05) is 18.4 Å². The van der Waals surface area contributed by atoms with Crippen LogP contribution in [0.2, 0.25) is 5.02 Å². The average molecular weight is 513 g/mol. The van der Waals surface area contributed by atoms with Crippen LogP contribution in [0.3, 0.4) is 0 Å². The van der Waals surface area contributed by atoms with Crippen molar-refractivity contribution in [3.8, 4) is 5.75 Å². The highest BCUT2D eigenvalue weighted by Crippen LogP contribution is 2.29. The number of carbonyl (C=O) groups excluding carboxylic acids is 4. The summed E-state index contributed by atoms with van der Waals surface area (Å²) in [6, 6.07) is 9.52. The number of benzene rings is 2. The van der Waals surface area contributed by atoms with E-state index in [1.807, 2.05) is 0 Å². The minimum absolute atomic E-state index is 0.0525. The van der Waals surface area contributed by atoms with Crippen molar-refractivity contribution in [2.45, 2.75) is 44.6 Å². The Kier molecular flexibility index (Phi) is 6.80. The van der Waals surface area contributed by atoms with Crippen LogP contribution in [0.4, 0.5) is 10.5 Å². The molecule has 5 rings (SSSR count). The lowest BCUT2D eigenvalue weighted by atomic mass is 10.0. The minimum Gasteiger partial charge on any atom is -0.489 e. The molecule has 2 unspecified atom stereocenters. The molecule has 3 heterocycles. The molecule has 2 fully saturated rings. The largest absolute Gasteiger partial charge is 0.489 e. The summed E-state index contributed by atoms with van der Waals surface area (Å²) in [5, 5.41) is 8.59. The number of ether oxygens (including phenoxy) is 2. The molecule has 2 saturated heterocycles. The average Bonchev–Trinajstić information content (AvgIpc) is 3.45. The van der Waals surface area contributed by atoms with E-state index >= 15 is 0 Å². The number of nitrogens with zero attached hydrogens (tertiary/aromatic N) is 1. The lowest BCUT2D eigenvalue weighted by Gasteiger charge is -2.29. The van der Waals surface area contributed by atoms with E-state index in [1.165, 1.54) is 4.90 Å². The van der Waals surface area contributed by atoms with Crippen molar-refractivity contribution in [2.24, 2.45) is 0 Å². The number of hydrogen-bond acceptors (Lipinski definition) is 7. The molecule has 10 nitrogen and oxygen atoms in total. The lowest BCUT2D eigenvalue weighted by Crippen LogP contribution is -2.52. The number of hydrogen-bond donors (Lipinski definition) is 3. The molecule has 0 spiro atoms. The predicted molar refractivity (Wildman–Crippen MR) is 130 cm³/mol. The molecule has 0 radical (unpaired) electrons. The molecule has 3 aliphatic heterocycles. The second-order valence-corrected chi connectivity index (χ2v) is 9.44. The maximum Gasteiger partial charge on any atom is 0.411 e. The highest BCUT2D eigenvalue weighted by molar-refractivity contribution is 6.31. The number of rotatable bonds is 6. The van der Waals surface area contributed by atoms with E-state index in [0.29, 0.717) is 34.0 Å². The summed E-state index contributed by atoms with van der Waals surface area (Å²) in [5.41, 5.74) is 2.31. The van der Waals surface area contributed by atoms with Gasteiger partial charge in [-0.2, -0.15) is 0 Å². The van der Waals surface area contributed by atoms with Crippen LogP contribution in [-0.2, 0) is 27.5 Å². The first-order valence-electron chi connectivity index (χ1n) is 11.7. The third-order valence-electron chi connectivity index (χ3n) is 6.40. The van der Waals surface area contributed by atoms with Gasteiger partial charge in [-0.25, -0.2) is 4.79 Å². The van der Waals surface area contributed by atoms with Crippen molar-refractivity contribution in [3.63, 3.8) is 0 Å². The molecule has 0 aliphatic carbocycles. The number of nitrogens with one attached hydrogen (secondary N) is 3. The first-order valence-corrected chi connectivity index (χ1v) is 12.1. The fraction of sp³-hybridized carbons (Fsp3) is 0.360. The Morgan fingerprint density at radius 2 is 2.00 bits per heavy atom. The second kappa shape index (κ2) is 10.2. The third-order valence-corrected chi connectivity index (χ3v) is 6.62. The summed E-state index contributed by atoms with van der Waals surface area (Å²) >= 11 is 6.18. The summed E-state index contributed by atoms with van der Waals surface area (Å²) in [6.07, 6.45) is 0.766. The van der Waals surface area contributed by atoms with E-state index in [9.17, 15) is 19.2 Å². The number of carbonyl (C=O) groups is 4. The molecule has 3 N–H and O–H groups in total. The molecule has 0 bridgehead atoms. The van der Waals surface area contributed by atoms with Crippen LogP contribution in [-0.4, -0.2) is 54.0 Å². The van der Waals surface area contributed by atoms with Crippen molar-refractivity contribution >= 4 is 41.1 Å². The highest BCUT2D eigenvalue weighted by atomic mass is 35.5. The van der Waals surface area contributed by atoms with Gasteiger partial charge in [0.15, 0.2) is 0 Å². The maximum atomic E-state index is 13.0. The van der Waals surface area contributed by atoms with Gasteiger partial charge in [-0.1, -0.05) is 23.7 Å². The van der Waals surface area contributed by atoms with Crippen LogP contribution in [0.25, 0.3) is 0 Å². The molecule has 4 amide bonds. The van der Waals surface area contributed by atoms with Crippen LogP contribution < -0.4 is 20.7 Å². The van der Waals surface area contributed by atoms with Crippen LogP contribution in [0, 0.1) is 0 Å². The monoisotopic (exact) mass is 512 g/mol. The Morgan fingerprint density at radius 1 is 1.14 bits per heavy atom. The van der Waals surface area contributed by atoms with Gasteiger partial charge in [-0.3, -0.25) is 25.0 Å². The zero-order valence-corrected chi connectivity index (χ0v) is 20.1. The molecule has 0 aromatic heterocycles. The van der Waals surface area contributed by atoms with Gasteiger partial charge in [-0.05, 0) is 48.7 Å². The van der Waals surface area contributed by atoms with Gasteiger partial charge >= 0.3 is 6.09 Å². The molecule has 2 aromatic carbocycles. The lowest BCUT2D eigenvalue weighted by molar-refractivity contribution is -0.136. The third kappa shape index (κ3) is 5.29. The minimum atomic E-state index is -0.678.